The maximum Gasteiger partial charge on any atom is 0.126 e. The van der Waals surface area contributed by atoms with Gasteiger partial charge >= 0.3 is 0 Å². The van der Waals surface area contributed by atoms with E-state index >= 15 is 0 Å². The van der Waals surface area contributed by atoms with E-state index < -0.39 is 6.10 Å². The Labute approximate surface area is 118 Å². The summed E-state index contributed by atoms with van der Waals surface area (Å²) in [6.07, 6.45) is 3.89. The molecule has 1 aromatic rings. The summed E-state index contributed by atoms with van der Waals surface area (Å²) in [5.41, 5.74) is 0.644. The van der Waals surface area contributed by atoms with Crippen LogP contribution in [0.4, 0.5) is 0 Å². The molecule has 1 saturated carbocycles. The van der Waals surface area contributed by atoms with Crippen LogP contribution in [0.1, 0.15) is 37.4 Å². The van der Waals surface area contributed by atoms with Gasteiger partial charge in [0.25, 0.3) is 0 Å². The maximum absolute atomic E-state index is 10.4. The Bertz CT molecular complexity index is 517. The van der Waals surface area contributed by atoms with Gasteiger partial charge in [-0.1, -0.05) is 11.6 Å². The Morgan fingerprint density at radius 1 is 1.37 bits per heavy atom. The van der Waals surface area contributed by atoms with Crippen LogP contribution in [0, 0.1) is 0 Å². The topological polar surface area (TPSA) is 32.7 Å². The number of likely N-dealkylation sites (tertiary alicyclic amines) is 1. The average Bonchev–Trinajstić information content (AvgIpc) is 3.15. The second kappa shape index (κ2) is 4.11. The van der Waals surface area contributed by atoms with Crippen molar-refractivity contribution in [3.8, 4) is 5.75 Å². The summed E-state index contributed by atoms with van der Waals surface area (Å²) in [7, 11) is 0. The molecule has 2 fully saturated rings. The number of rotatable bonds is 1. The van der Waals surface area contributed by atoms with Crippen LogP contribution in [0.5, 0.6) is 5.75 Å². The third-order valence-electron chi connectivity index (χ3n) is 4.63. The summed E-state index contributed by atoms with van der Waals surface area (Å²) in [5, 5.41) is 11.1. The Morgan fingerprint density at radius 2 is 2.21 bits per heavy atom. The van der Waals surface area contributed by atoms with Crippen molar-refractivity contribution in [3.05, 3.63) is 28.8 Å². The molecule has 1 saturated heterocycles. The molecule has 0 radical (unpaired) electrons. The van der Waals surface area contributed by atoms with Crippen LogP contribution in [-0.4, -0.2) is 34.7 Å². The van der Waals surface area contributed by atoms with Crippen molar-refractivity contribution < 1.29 is 9.84 Å². The molecule has 4 heteroatoms. The van der Waals surface area contributed by atoms with Crippen molar-refractivity contribution in [1.29, 1.82) is 0 Å². The van der Waals surface area contributed by atoms with Crippen molar-refractivity contribution in [3.63, 3.8) is 0 Å². The van der Waals surface area contributed by atoms with Crippen LogP contribution in [0.3, 0.4) is 0 Å². The molecule has 1 aromatic carbocycles. The zero-order valence-corrected chi connectivity index (χ0v) is 11.6. The number of hydrogen-bond donors (Lipinski definition) is 1. The van der Waals surface area contributed by atoms with Gasteiger partial charge in [0.05, 0.1) is 6.10 Å². The van der Waals surface area contributed by atoms with Crippen molar-refractivity contribution in [2.45, 2.75) is 43.4 Å². The lowest BCUT2D eigenvalue weighted by Gasteiger charge is -2.38. The smallest absolute Gasteiger partial charge is 0.126 e. The summed E-state index contributed by atoms with van der Waals surface area (Å²) >= 11 is 5.99. The van der Waals surface area contributed by atoms with Gasteiger partial charge in [0, 0.05) is 42.6 Å². The molecule has 0 amide bonds. The molecule has 0 bridgehead atoms. The number of halogens is 1. The maximum atomic E-state index is 10.4. The third-order valence-corrected chi connectivity index (χ3v) is 4.87. The van der Waals surface area contributed by atoms with Crippen LogP contribution < -0.4 is 4.74 Å². The fourth-order valence-electron chi connectivity index (χ4n) is 3.49. The van der Waals surface area contributed by atoms with Gasteiger partial charge in [-0.15, -0.1) is 0 Å². The number of aliphatic hydroxyl groups is 1. The van der Waals surface area contributed by atoms with Crippen molar-refractivity contribution >= 4 is 11.6 Å². The van der Waals surface area contributed by atoms with Crippen LogP contribution in [0.2, 0.25) is 5.02 Å². The SMILES string of the molecule is O[C@@H]1CC2(CCN(C3CC3)C2)Oc2ccc(Cl)cc21. The molecule has 2 aliphatic heterocycles. The predicted octanol–water partition coefficient (Wildman–Crippen LogP) is 2.76. The molecule has 2 heterocycles. The van der Waals surface area contributed by atoms with Crippen LogP contribution in [-0.2, 0) is 0 Å². The van der Waals surface area contributed by atoms with Gasteiger partial charge in [-0.2, -0.15) is 0 Å². The molecule has 102 valence electrons. The minimum atomic E-state index is -0.457. The molecule has 3 aliphatic rings. The van der Waals surface area contributed by atoms with E-state index in [0.29, 0.717) is 11.4 Å². The van der Waals surface area contributed by atoms with Crippen LogP contribution in [0.15, 0.2) is 18.2 Å². The average molecular weight is 280 g/mol. The highest BCUT2D eigenvalue weighted by atomic mass is 35.5. The first-order chi connectivity index (χ1) is 9.15. The van der Waals surface area contributed by atoms with E-state index in [0.717, 1.165) is 36.9 Å². The van der Waals surface area contributed by atoms with E-state index in [9.17, 15) is 5.11 Å². The zero-order valence-electron chi connectivity index (χ0n) is 10.8. The number of nitrogens with zero attached hydrogens (tertiary/aromatic N) is 1. The Kier molecular flexibility index (Phi) is 2.60. The van der Waals surface area contributed by atoms with Gasteiger partial charge in [-0.3, -0.25) is 4.90 Å². The molecule has 1 N–H and O–H groups in total. The van der Waals surface area contributed by atoms with Gasteiger partial charge in [0.1, 0.15) is 11.4 Å². The molecular formula is C15H18ClNO2. The number of hydrogen-bond acceptors (Lipinski definition) is 3. The van der Waals surface area contributed by atoms with E-state index in [2.05, 4.69) is 4.90 Å². The molecule has 2 atom stereocenters. The first-order valence-corrected chi connectivity index (χ1v) is 7.44. The lowest BCUT2D eigenvalue weighted by molar-refractivity contribution is -0.00760. The molecule has 4 rings (SSSR count). The highest BCUT2D eigenvalue weighted by molar-refractivity contribution is 6.30. The summed E-state index contributed by atoms with van der Waals surface area (Å²) in [4.78, 5) is 2.52. The van der Waals surface area contributed by atoms with Gasteiger partial charge < -0.3 is 9.84 Å². The summed E-state index contributed by atoms with van der Waals surface area (Å²) in [5.74, 6) is 0.806. The number of fused-ring (bicyclic) bond motifs is 1. The third kappa shape index (κ3) is 2.04. The molecular weight excluding hydrogens is 262 g/mol. The fraction of sp³-hybridized carbons (Fsp3) is 0.600. The largest absolute Gasteiger partial charge is 0.485 e. The van der Waals surface area contributed by atoms with Crippen LogP contribution in [0.25, 0.3) is 0 Å². The highest BCUT2D eigenvalue weighted by Gasteiger charge is 2.48. The lowest BCUT2D eigenvalue weighted by atomic mass is 9.88. The minimum Gasteiger partial charge on any atom is -0.485 e. The summed E-state index contributed by atoms with van der Waals surface area (Å²) < 4.78 is 6.25. The standard InChI is InChI=1S/C15H18ClNO2/c16-10-1-4-14-12(7-10)13(18)8-15(19-14)5-6-17(9-15)11-2-3-11/h1,4,7,11,13,18H,2-3,5-6,8-9H2/t13-,15?/m1/s1. The Balaban J connectivity index is 1.62. The van der Waals surface area contributed by atoms with Crippen molar-refractivity contribution in [1.82, 2.24) is 4.90 Å². The Morgan fingerprint density at radius 3 is 3.00 bits per heavy atom. The molecule has 1 aliphatic carbocycles. The first kappa shape index (κ1) is 12.0. The summed E-state index contributed by atoms with van der Waals surface area (Å²) in [6.45, 7) is 2.05. The zero-order chi connectivity index (χ0) is 13.0. The molecule has 0 aromatic heterocycles. The number of ether oxygens (including phenoxy) is 1. The van der Waals surface area contributed by atoms with E-state index in [1.807, 2.05) is 18.2 Å². The molecule has 1 spiro atoms. The highest BCUT2D eigenvalue weighted by Crippen LogP contribution is 2.46. The van der Waals surface area contributed by atoms with E-state index in [1.165, 1.54) is 12.8 Å². The first-order valence-electron chi connectivity index (χ1n) is 7.06. The van der Waals surface area contributed by atoms with Crippen LogP contribution >= 0.6 is 11.6 Å². The predicted molar refractivity (Wildman–Crippen MR) is 73.6 cm³/mol. The lowest BCUT2D eigenvalue weighted by Crippen LogP contribution is -2.44. The minimum absolute atomic E-state index is 0.192. The molecule has 1 unspecified atom stereocenters. The van der Waals surface area contributed by atoms with Gasteiger partial charge in [0.2, 0.25) is 0 Å². The molecule has 19 heavy (non-hydrogen) atoms. The monoisotopic (exact) mass is 279 g/mol. The van der Waals surface area contributed by atoms with Gasteiger partial charge in [0.15, 0.2) is 0 Å². The van der Waals surface area contributed by atoms with E-state index in [1.54, 1.807) is 0 Å². The quantitative estimate of drug-likeness (QED) is 0.858. The fourth-order valence-corrected chi connectivity index (χ4v) is 3.67. The number of aliphatic hydroxyl groups excluding tert-OH is 1. The van der Waals surface area contributed by atoms with Gasteiger partial charge in [-0.05, 0) is 31.0 Å². The second-order valence-electron chi connectivity index (χ2n) is 6.14. The second-order valence-corrected chi connectivity index (χ2v) is 6.58. The summed E-state index contributed by atoms with van der Waals surface area (Å²) in [6, 6.07) is 6.32. The Hall–Kier alpha value is -0.770. The van der Waals surface area contributed by atoms with Gasteiger partial charge in [-0.25, -0.2) is 0 Å². The molecule has 3 nitrogen and oxygen atoms in total. The van der Waals surface area contributed by atoms with E-state index in [-0.39, 0.29) is 5.60 Å². The van der Waals surface area contributed by atoms with E-state index in [4.69, 9.17) is 16.3 Å². The van der Waals surface area contributed by atoms with Crippen molar-refractivity contribution in [2.75, 3.05) is 13.1 Å². The normalized spacial score (nSPS) is 34.3. The van der Waals surface area contributed by atoms with Crippen molar-refractivity contribution in [2.24, 2.45) is 0 Å². The number of benzene rings is 1.